The molecule has 1 fully saturated rings. The van der Waals surface area contributed by atoms with Crippen LogP contribution in [0.5, 0.6) is 0 Å². The van der Waals surface area contributed by atoms with Gasteiger partial charge in [0, 0.05) is 17.5 Å². The normalized spacial score (nSPS) is 25.5. The molecular weight excluding hydrogens is 422 g/mol. The number of hydrogen-bond donors (Lipinski definition) is 1. The Hall–Kier alpha value is -1.28. The lowest BCUT2D eigenvalue weighted by molar-refractivity contribution is 0.166. The lowest BCUT2D eigenvalue weighted by Crippen LogP contribution is -2.33. The van der Waals surface area contributed by atoms with Crippen LogP contribution in [0.25, 0.3) is 0 Å². The Morgan fingerprint density at radius 2 is 1.80 bits per heavy atom. The number of methoxy groups -OCH3 is 1. The van der Waals surface area contributed by atoms with Gasteiger partial charge in [0.1, 0.15) is 0 Å². The largest absolute Gasteiger partial charge is 0.393 e. The first-order chi connectivity index (χ1) is 11.9. The molecule has 2 aromatic carbocycles. The van der Waals surface area contributed by atoms with Gasteiger partial charge in [-0.25, -0.2) is 8.42 Å². The van der Waals surface area contributed by atoms with Crippen molar-refractivity contribution in [2.45, 2.75) is 16.1 Å². The Bertz CT molecular complexity index is 884. The molecule has 132 valence electrons. The minimum atomic E-state index is -3.61. The highest BCUT2D eigenvalue weighted by Crippen LogP contribution is 2.64. The molecule has 2 aromatic rings. The van der Waals surface area contributed by atoms with Crippen molar-refractivity contribution in [1.82, 2.24) is 0 Å². The molecule has 7 heteroatoms. The number of ether oxygens (including phenoxy) is 1. The van der Waals surface area contributed by atoms with Crippen LogP contribution >= 0.6 is 28.1 Å². The van der Waals surface area contributed by atoms with Crippen LogP contribution in [0.4, 0.5) is 0 Å². The van der Waals surface area contributed by atoms with E-state index in [2.05, 4.69) is 15.9 Å². The van der Waals surface area contributed by atoms with E-state index in [4.69, 9.17) is 22.7 Å². The van der Waals surface area contributed by atoms with Crippen LogP contribution in [-0.4, -0.2) is 32.4 Å². The molecule has 1 aliphatic rings. The van der Waals surface area contributed by atoms with Crippen molar-refractivity contribution >= 4 is 43.0 Å². The standard InChI is InChI=1S/C18H18BrNO3S2/c1-23-11-18(17(20)24)15(12-7-9-13(19)10-8-12)16(18)25(21,22)14-5-3-2-4-6-14/h2-10,15-16H,11H2,1H3,(H2,20,24)/t15-,16+,18-/m0/s1. The Labute approximate surface area is 161 Å². The van der Waals surface area contributed by atoms with Crippen LogP contribution in [0.1, 0.15) is 11.5 Å². The number of thiocarbonyl (C=S) groups is 1. The van der Waals surface area contributed by atoms with Crippen molar-refractivity contribution in [3.8, 4) is 0 Å². The molecule has 2 N–H and O–H groups in total. The van der Waals surface area contributed by atoms with E-state index in [1.165, 1.54) is 7.11 Å². The summed E-state index contributed by atoms with van der Waals surface area (Å²) in [6.07, 6.45) is 0. The van der Waals surface area contributed by atoms with Gasteiger partial charge >= 0.3 is 0 Å². The van der Waals surface area contributed by atoms with Gasteiger partial charge in [-0.05, 0) is 29.8 Å². The third-order valence-corrected chi connectivity index (χ3v) is 7.93. The van der Waals surface area contributed by atoms with Crippen LogP contribution in [0.3, 0.4) is 0 Å². The number of hydrogen-bond acceptors (Lipinski definition) is 4. The van der Waals surface area contributed by atoms with E-state index in [-0.39, 0.29) is 22.4 Å². The summed E-state index contributed by atoms with van der Waals surface area (Å²) < 4.78 is 32.8. The quantitative estimate of drug-likeness (QED) is 0.699. The molecule has 3 rings (SSSR count). The molecule has 0 bridgehead atoms. The lowest BCUT2D eigenvalue weighted by Gasteiger charge is -2.16. The van der Waals surface area contributed by atoms with Gasteiger partial charge in [-0.2, -0.15) is 0 Å². The maximum atomic E-state index is 13.3. The smallest absolute Gasteiger partial charge is 0.182 e. The highest BCUT2D eigenvalue weighted by molar-refractivity contribution is 9.10. The van der Waals surface area contributed by atoms with Gasteiger partial charge in [-0.15, -0.1) is 0 Å². The van der Waals surface area contributed by atoms with Crippen molar-refractivity contribution < 1.29 is 13.2 Å². The van der Waals surface area contributed by atoms with Crippen molar-refractivity contribution in [1.29, 1.82) is 0 Å². The summed E-state index contributed by atoms with van der Waals surface area (Å²) in [4.78, 5) is 0.447. The topological polar surface area (TPSA) is 69.4 Å². The van der Waals surface area contributed by atoms with E-state index in [9.17, 15) is 8.42 Å². The van der Waals surface area contributed by atoms with Gasteiger partial charge in [0.15, 0.2) is 9.84 Å². The number of rotatable bonds is 6. The van der Waals surface area contributed by atoms with Gasteiger partial charge < -0.3 is 10.5 Å². The van der Waals surface area contributed by atoms with E-state index >= 15 is 0 Å². The molecular formula is C18H18BrNO3S2. The van der Waals surface area contributed by atoms with E-state index in [1.54, 1.807) is 30.3 Å². The molecule has 0 heterocycles. The van der Waals surface area contributed by atoms with Crippen molar-refractivity contribution in [2.75, 3.05) is 13.7 Å². The first-order valence-electron chi connectivity index (χ1n) is 7.69. The molecule has 0 unspecified atom stereocenters. The average molecular weight is 440 g/mol. The van der Waals surface area contributed by atoms with Gasteiger partial charge in [0.2, 0.25) is 0 Å². The van der Waals surface area contributed by atoms with E-state index in [1.807, 2.05) is 24.3 Å². The molecule has 25 heavy (non-hydrogen) atoms. The highest BCUT2D eigenvalue weighted by Gasteiger charge is 2.73. The SMILES string of the molecule is COC[C@@]1(C(N)=S)[C@H](S(=O)(=O)c2ccccc2)[C@@H]1c1ccc(Br)cc1. The van der Waals surface area contributed by atoms with Crippen molar-refractivity contribution in [2.24, 2.45) is 11.1 Å². The summed E-state index contributed by atoms with van der Waals surface area (Å²) >= 11 is 8.68. The van der Waals surface area contributed by atoms with Crippen LogP contribution in [0.2, 0.25) is 0 Å². The fraction of sp³-hybridized carbons (Fsp3) is 0.278. The Morgan fingerprint density at radius 3 is 2.32 bits per heavy atom. The van der Waals surface area contributed by atoms with Gasteiger partial charge in [-0.1, -0.05) is 58.5 Å². The van der Waals surface area contributed by atoms with E-state index < -0.39 is 20.5 Å². The molecule has 0 aliphatic heterocycles. The molecule has 0 aromatic heterocycles. The third-order valence-electron chi connectivity index (χ3n) is 4.73. The third kappa shape index (κ3) is 3.03. The van der Waals surface area contributed by atoms with Gasteiger partial charge in [-0.3, -0.25) is 0 Å². The first kappa shape index (κ1) is 18.5. The molecule has 0 spiro atoms. The Morgan fingerprint density at radius 1 is 1.20 bits per heavy atom. The van der Waals surface area contributed by atoms with Crippen LogP contribution in [0, 0.1) is 5.41 Å². The summed E-state index contributed by atoms with van der Waals surface area (Å²) in [5, 5.41) is -0.735. The van der Waals surface area contributed by atoms with Crippen LogP contribution in [0.15, 0.2) is 64.0 Å². The van der Waals surface area contributed by atoms with E-state index in [0.717, 1.165) is 10.0 Å². The monoisotopic (exact) mass is 439 g/mol. The summed E-state index contributed by atoms with van der Waals surface area (Å²) in [7, 11) is -2.08. The molecule has 3 atom stereocenters. The average Bonchev–Trinajstić information content (AvgIpc) is 3.28. The summed E-state index contributed by atoms with van der Waals surface area (Å²) in [6.45, 7) is 0.166. The maximum absolute atomic E-state index is 13.3. The predicted octanol–water partition coefficient (Wildman–Crippen LogP) is 3.31. The van der Waals surface area contributed by atoms with Crippen molar-refractivity contribution in [3.63, 3.8) is 0 Å². The first-order valence-corrected chi connectivity index (χ1v) is 10.4. The molecule has 1 aliphatic carbocycles. The Balaban J connectivity index is 2.12. The minimum Gasteiger partial charge on any atom is -0.393 e. The highest BCUT2D eigenvalue weighted by atomic mass is 79.9. The molecule has 1 saturated carbocycles. The van der Waals surface area contributed by atoms with E-state index in [0.29, 0.717) is 0 Å². The second kappa shape index (κ2) is 6.79. The lowest BCUT2D eigenvalue weighted by atomic mass is 10.00. The maximum Gasteiger partial charge on any atom is 0.182 e. The van der Waals surface area contributed by atoms with Crippen molar-refractivity contribution in [3.05, 3.63) is 64.6 Å². The molecule has 4 nitrogen and oxygen atoms in total. The number of benzene rings is 2. The van der Waals surface area contributed by atoms with Crippen LogP contribution < -0.4 is 5.73 Å². The molecule has 0 saturated heterocycles. The number of halogens is 1. The summed E-state index contributed by atoms with van der Waals surface area (Å²) in [6, 6.07) is 16.0. The number of sulfone groups is 1. The predicted molar refractivity (Wildman–Crippen MR) is 105 cm³/mol. The zero-order valence-electron chi connectivity index (χ0n) is 13.6. The minimum absolute atomic E-state index is 0.166. The van der Waals surface area contributed by atoms with Gasteiger partial charge in [0.25, 0.3) is 0 Å². The zero-order valence-corrected chi connectivity index (χ0v) is 16.8. The molecule has 0 amide bonds. The Kier molecular flexibility index (Phi) is 5.03. The van der Waals surface area contributed by atoms with Gasteiger partial charge in [0.05, 0.1) is 27.2 Å². The zero-order chi connectivity index (χ0) is 18.2. The summed E-state index contributed by atoms with van der Waals surface area (Å²) in [5.41, 5.74) is 6.01. The molecule has 0 radical (unpaired) electrons. The second-order valence-corrected chi connectivity index (χ2v) is 9.57. The number of nitrogens with two attached hydrogens (primary N) is 1. The summed E-state index contributed by atoms with van der Waals surface area (Å²) in [5.74, 6) is -0.330. The second-order valence-electron chi connectivity index (χ2n) is 6.15. The fourth-order valence-electron chi connectivity index (χ4n) is 3.54. The fourth-order valence-corrected chi connectivity index (χ4v) is 6.59. The van der Waals surface area contributed by atoms with Crippen LogP contribution in [-0.2, 0) is 14.6 Å².